The lowest BCUT2D eigenvalue weighted by atomic mass is 10.2. The Kier molecular flexibility index (Phi) is 7.17. The Labute approximate surface area is 153 Å². The molecule has 0 bridgehead atoms. The average Bonchev–Trinajstić information content (AvgIpc) is 2.63. The van der Waals surface area contributed by atoms with Crippen LogP contribution in [0.15, 0.2) is 54.6 Å². The Morgan fingerprint density at radius 3 is 2.27 bits per heavy atom. The number of para-hydroxylation sites is 1. The highest BCUT2D eigenvalue weighted by Crippen LogP contribution is 2.26. The molecule has 3 N–H and O–H groups in total. The van der Waals surface area contributed by atoms with Crippen molar-refractivity contribution < 1.29 is 14.3 Å². The maximum Gasteiger partial charge on any atom is 0.320 e. The number of carbonyl (C=O) groups is 2. The average molecular weight is 355 g/mol. The minimum Gasteiger partial charge on any atom is -0.399 e. The van der Waals surface area contributed by atoms with E-state index in [-0.39, 0.29) is 6.10 Å². The van der Waals surface area contributed by atoms with E-state index in [1.54, 1.807) is 36.4 Å². The molecule has 0 atom stereocenters. The molecule has 6 nitrogen and oxygen atoms in total. The third-order valence-electron chi connectivity index (χ3n) is 3.62. The fraction of sp³-hybridized carbons (Fsp3) is 0.300. The van der Waals surface area contributed by atoms with Crippen LogP contribution in [0.25, 0.3) is 0 Å². The lowest BCUT2D eigenvalue weighted by molar-refractivity contribution is -0.137. The lowest BCUT2D eigenvalue weighted by Gasteiger charge is -2.22. The van der Waals surface area contributed by atoms with Crippen LogP contribution >= 0.6 is 0 Å². The largest absolute Gasteiger partial charge is 0.399 e. The first-order valence-corrected chi connectivity index (χ1v) is 8.63. The number of nitrogens with one attached hydrogen (secondary N) is 1. The van der Waals surface area contributed by atoms with Gasteiger partial charge in [0.25, 0.3) is 0 Å². The highest BCUT2D eigenvalue weighted by Gasteiger charge is 2.24. The Morgan fingerprint density at radius 1 is 1.04 bits per heavy atom. The number of nitrogens with zero attached hydrogens (tertiary/aromatic N) is 1. The number of benzene rings is 2. The van der Waals surface area contributed by atoms with E-state index < -0.39 is 11.8 Å². The molecule has 0 saturated carbocycles. The van der Waals surface area contributed by atoms with Crippen LogP contribution in [0.1, 0.15) is 20.3 Å². The third-order valence-corrected chi connectivity index (χ3v) is 3.62. The maximum absolute atomic E-state index is 12.8. The lowest BCUT2D eigenvalue weighted by Crippen LogP contribution is -2.41. The van der Waals surface area contributed by atoms with Gasteiger partial charge in [0, 0.05) is 30.2 Å². The van der Waals surface area contributed by atoms with Crippen molar-refractivity contribution >= 4 is 28.9 Å². The normalized spacial score (nSPS) is 10.6. The van der Waals surface area contributed by atoms with E-state index in [0.717, 1.165) is 0 Å². The number of nitrogen functional groups attached to an aromatic ring is 1. The molecule has 0 heterocycles. The number of anilines is 3. The topological polar surface area (TPSA) is 84.7 Å². The van der Waals surface area contributed by atoms with E-state index in [2.05, 4.69) is 5.32 Å². The Bertz CT molecular complexity index is 715. The van der Waals surface area contributed by atoms with Crippen molar-refractivity contribution in [1.82, 2.24) is 5.32 Å². The summed E-state index contributed by atoms with van der Waals surface area (Å²) >= 11 is 0. The van der Waals surface area contributed by atoms with Crippen LogP contribution in [0.5, 0.6) is 0 Å². The summed E-state index contributed by atoms with van der Waals surface area (Å²) in [4.78, 5) is 26.5. The van der Waals surface area contributed by atoms with Crippen molar-refractivity contribution in [2.24, 2.45) is 0 Å². The van der Waals surface area contributed by atoms with E-state index in [1.165, 1.54) is 4.90 Å². The predicted octanol–water partition coefficient (Wildman–Crippen LogP) is 2.86. The van der Waals surface area contributed by atoms with Gasteiger partial charge in [-0.25, -0.2) is 0 Å². The zero-order chi connectivity index (χ0) is 18.9. The summed E-state index contributed by atoms with van der Waals surface area (Å²) in [5.74, 6) is -1.30. The second-order valence-corrected chi connectivity index (χ2v) is 6.10. The summed E-state index contributed by atoms with van der Waals surface area (Å²) in [6, 6.07) is 15.8. The van der Waals surface area contributed by atoms with E-state index in [4.69, 9.17) is 10.5 Å². The molecular formula is C20H25N3O3. The van der Waals surface area contributed by atoms with Crippen molar-refractivity contribution in [2.45, 2.75) is 26.4 Å². The summed E-state index contributed by atoms with van der Waals surface area (Å²) in [6.45, 7) is 4.81. The molecule has 26 heavy (non-hydrogen) atoms. The molecule has 0 aliphatic rings. The zero-order valence-corrected chi connectivity index (χ0v) is 15.1. The van der Waals surface area contributed by atoms with Crippen molar-refractivity contribution in [1.29, 1.82) is 0 Å². The molecule has 0 unspecified atom stereocenters. The van der Waals surface area contributed by atoms with Crippen molar-refractivity contribution in [2.75, 3.05) is 23.8 Å². The molecule has 0 radical (unpaired) electrons. The third kappa shape index (κ3) is 5.60. The molecule has 0 aliphatic carbocycles. The van der Waals surface area contributed by atoms with Crippen molar-refractivity contribution in [3.8, 4) is 0 Å². The molecule has 0 aliphatic heterocycles. The molecular weight excluding hydrogens is 330 g/mol. The summed E-state index contributed by atoms with van der Waals surface area (Å²) in [6.07, 6.45) is 0.788. The Hall–Kier alpha value is -2.86. The Morgan fingerprint density at radius 2 is 1.65 bits per heavy atom. The first-order valence-electron chi connectivity index (χ1n) is 8.63. The van der Waals surface area contributed by atoms with Gasteiger partial charge in [-0.05, 0) is 56.7 Å². The molecule has 138 valence electrons. The van der Waals surface area contributed by atoms with Gasteiger partial charge in [-0.2, -0.15) is 0 Å². The summed E-state index contributed by atoms with van der Waals surface area (Å²) in [5, 5.41) is 2.65. The fourth-order valence-electron chi connectivity index (χ4n) is 2.35. The summed E-state index contributed by atoms with van der Waals surface area (Å²) < 4.78 is 5.42. The van der Waals surface area contributed by atoms with Crippen LogP contribution < -0.4 is 16.0 Å². The van der Waals surface area contributed by atoms with Crippen molar-refractivity contribution in [3.63, 3.8) is 0 Å². The van der Waals surface area contributed by atoms with Crippen LogP contribution in [0.3, 0.4) is 0 Å². The molecule has 0 aromatic heterocycles. The second-order valence-electron chi connectivity index (χ2n) is 6.10. The first-order chi connectivity index (χ1) is 12.5. The van der Waals surface area contributed by atoms with Gasteiger partial charge >= 0.3 is 11.8 Å². The van der Waals surface area contributed by atoms with Gasteiger partial charge < -0.3 is 15.8 Å². The van der Waals surface area contributed by atoms with Gasteiger partial charge in [0.15, 0.2) is 0 Å². The first kappa shape index (κ1) is 19.5. The highest BCUT2D eigenvalue weighted by molar-refractivity contribution is 6.42. The van der Waals surface area contributed by atoms with E-state index in [9.17, 15) is 9.59 Å². The van der Waals surface area contributed by atoms with Crippen LogP contribution in [-0.2, 0) is 14.3 Å². The van der Waals surface area contributed by atoms with Crippen LogP contribution in [0.2, 0.25) is 0 Å². The van der Waals surface area contributed by atoms with Gasteiger partial charge in [0.1, 0.15) is 0 Å². The molecule has 2 amide bonds. The summed E-state index contributed by atoms with van der Waals surface area (Å²) in [5.41, 5.74) is 7.50. The molecule has 0 spiro atoms. The van der Waals surface area contributed by atoms with Crippen LogP contribution in [0.4, 0.5) is 17.1 Å². The fourth-order valence-corrected chi connectivity index (χ4v) is 2.35. The quantitative estimate of drug-likeness (QED) is 0.454. The number of amides is 2. The van der Waals surface area contributed by atoms with Crippen LogP contribution in [0, 0.1) is 0 Å². The van der Waals surface area contributed by atoms with Crippen LogP contribution in [-0.4, -0.2) is 31.1 Å². The zero-order valence-electron chi connectivity index (χ0n) is 15.1. The smallest absolute Gasteiger partial charge is 0.320 e. The number of hydrogen-bond acceptors (Lipinski definition) is 4. The number of ether oxygens (including phenoxy) is 1. The minimum atomic E-state index is -0.657. The Balaban J connectivity index is 2.08. The van der Waals surface area contributed by atoms with Crippen molar-refractivity contribution in [3.05, 3.63) is 54.6 Å². The molecule has 6 heteroatoms. The highest BCUT2D eigenvalue weighted by atomic mass is 16.5. The SMILES string of the molecule is CC(C)OCCCNC(=O)C(=O)N(c1ccccc1)c1ccc(N)cc1. The molecule has 2 rings (SSSR count). The van der Waals surface area contributed by atoms with Gasteiger partial charge in [-0.1, -0.05) is 18.2 Å². The van der Waals surface area contributed by atoms with Gasteiger partial charge in [-0.15, -0.1) is 0 Å². The van der Waals surface area contributed by atoms with Gasteiger partial charge in [-0.3, -0.25) is 14.5 Å². The molecule has 0 fully saturated rings. The van der Waals surface area contributed by atoms with Gasteiger partial charge in [0.05, 0.1) is 6.10 Å². The number of nitrogens with two attached hydrogens (primary N) is 1. The molecule has 2 aromatic rings. The monoisotopic (exact) mass is 355 g/mol. The standard InChI is InChI=1S/C20H25N3O3/c1-15(2)26-14-6-13-22-19(24)20(25)23(17-7-4-3-5-8-17)18-11-9-16(21)10-12-18/h3-5,7-12,15H,6,13-14,21H2,1-2H3,(H,22,24). The number of hydrogen-bond donors (Lipinski definition) is 2. The molecule has 0 saturated heterocycles. The van der Waals surface area contributed by atoms with E-state index >= 15 is 0 Å². The second kappa shape index (κ2) is 9.58. The molecule has 2 aromatic carbocycles. The maximum atomic E-state index is 12.8. The van der Waals surface area contributed by atoms with E-state index in [1.807, 2.05) is 32.0 Å². The predicted molar refractivity (Wildman–Crippen MR) is 103 cm³/mol. The van der Waals surface area contributed by atoms with E-state index in [0.29, 0.717) is 36.6 Å². The number of rotatable bonds is 7. The van der Waals surface area contributed by atoms with Gasteiger partial charge in [0.2, 0.25) is 0 Å². The summed E-state index contributed by atoms with van der Waals surface area (Å²) in [7, 11) is 0. The number of carbonyl (C=O) groups excluding carboxylic acids is 2. The minimum absolute atomic E-state index is 0.145.